The van der Waals surface area contributed by atoms with Crippen LogP contribution in [0.15, 0.2) is 29.7 Å². The number of thioether (sulfide) groups is 1. The van der Waals surface area contributed by atoms with Crippen molar-refractivity contribution in [1.82, 2.24) is 19.7 Å². The predicted octanol–water partition coefficient (Wildman–Crippen LogP) is 3.96. The quantitative estimate of drug-likeness (QED) is 0.610. The first kappa shape index (κ1) is 13.9. The molecular formula is C14H14Cl2N4S. The third-order valence-electron chi connectivity index (χ3n) is 3.88. The molecule has 0 saturated heterocycles. The van der Waals surface area contributed by atoms with Crippen molar-refractivity contribution in [3.63, 3.8) is 0 Å². The second kappa shape index (κ2) is 5.14. The monoisotopic (exact) mass is 340 g/mol. The highest BCUT2D eigenvalue weighted by molar-refractivity contribution is 7.99. The Morgan fingerprint density at radius 1 is 1.24 bits per heavy atom. The van der Waals surface area contributed by atoms with Crippen molar-refractivity contribution < 1.29 is 0 Å². The summed E-state index contributed by atoms with van der Waals surface area (Å²) < 4.78 is 1.73. The highest BCUT2D eigenvalue weighted by atomic mass is 35.5. The van der Waals surface area contributed by atoms with Gasteiger partial charge in [-0.05, 0) is 31.4 Å². The molecule has 2 aromatic heterocycles. The molecule has 4 nitrogen and oxygen atoms in total. The van der Waals surface area contributed by atoms with Crippen LogP contribution in [0.4, 0.5) is 0 Å². The molecule has 1 unspecified atom stereocenters. The van der Waals surface area contributed by atoms with E-state index in [0.717, 1.165) is 28.7 Å². The van der Waals surface area contributed by atoms with Crippen molar-refractivity contribution in [2.75, 3.05) is 5.75 Å². The van der Waals surface area contributed by atoms with E-state index in [9.17, 15) is 0 Å². The van der Waals surface area contributed by atoms with E-state index in [4.69, 9.17) is 23.2 Å². The number of aromatic nitrogens is 4. The van der Waals surface area contributed by atoms with E-state index in [1.807, 2.05) is 12.1 Å². The van der Waals surface area contributed by atoms with Gasteiger partial charge in [0.1, 0.15) is 4.33 Å². The SMILES string of the molecule is ClC1(Cl)CC1CSc1nnc(-c2ccncc2)n1C1CC1. The molecule has 0 aliphatic heterocycles. The summed E-state index contributed by atoms with van der Waals surface area (Å²) in [6.45, 7) is 0. The molecule has 1 atom stereocenters. The normalized spacial score (nSPS) is 23.2. The van der Waals surface area contributed by atoms with Crippen LogP contribution >= 0.6 is 35.0 Å². The molecule has 2 heterocycles. The molecule has 0 radical (unpaired) electrons. The Hall–Kier alpha value is -0.780. The van der Waals surface area contributed by atoms with Crippen LogP contribution in [0.3, 0.4) is 0 Å². The van der Waals surface area contributed by atoms with Crippen LogP contribution < -0.4 is 0 Å². The van der Waals surface area contributed by atoms with Crippen LogP contribution in [0.2, 0.25) is 0 Å². The molecule has 2 aliphatic rings. The number of alkyl halides is 2. The Kier molecular flexibility index (Phi) is 3.39. The summed E-state index contributed by atoms with van der Waals surface area (Å²) in [5.74, 6) is 2.19. The van der Waals surface area contributed by atoms with Crippen molar-refractivity contribution >= 4 is 35.0 Å². The Morgan fingerprint density at radius 3 is 2.57 bits per heavy atom. The standard InChI is InChI=1S/C14H14Cl2N4S/c15-14(16)7-10(14)8-21-13-19-18-12(20(13)11-1-2-11)9-3-5-17-6-4-9/h3-6,10-11H,1-2,7-8H2. The molecule has 0 bridgehead atoms. The van der Waals surface area contributed by atoms with Gasteiger partial charge in [0.25, 0.3) is 0 Å². The van der Waals surface area contributed by atoms with Crippen LogP contribution in [-0.4, -0.2) is 29.8 Å². The predicted molar refractivity (Wildman–Crippen MR) is 84.8 cm³/mol. The van der Waals surface area contributed by atoms with Gasteiger partial charge in [-0.25, -0.2) is 0 Å². The largest absolute Gasteiger partial charge is 0.299 e. The number of pyridine rings is 1. The van der Waals surface area contributed by atoms with Gasteiger partial charge in [-0.1, -0.05) is 11.8 Å². The minimum atomic E-state index is -0.522. The van der Waals surface area contributed by atoms with Gasteiger partial charge in [0.05, 0.1) is 0 Å². The topological polar surface area (TPSA) is 43.6 Å². The van der Waals surface area contributed by atoms with E-state index in [1.54, 1.807) is 24.2 Å². The van der Waals surface area contributed by atoms with Crippen LogP contribution in [0.5, 0.6) is 0 Å². The molecule has 0 spiro atoms. The summed E-state index contributed by atoms with van der Waals surface area (Å²) >= 11 is 13.9. The molecule has 2 saturated carbocycles. The van der Waals surface area contributed by atoms with Crippen molar-refractivity contribution in [2.24, 2.45) is 5.92 Å². The fraction of sp³-hybridized carbons (Fsp3) is 0.500. The smallest absolute Gasteiger partial charge is 0.191 e. The maximum atomic E-state index is 6.09. The molecule has 0 N–H and O–H groups in total. The molecular weight excluding hydrogens is 327 g/mol. The number of nitrogens with zero attached hydrogens (tertiary/aromatic N) is 4. The summed E-state index contributed by atoms with van der Waals surface area (Å²) in [7, 11) is 0. The fourth-order valence-corrected chi connectivity index (χ4v) is 4.30. The highest BCUT2D eigenvalue weighted by Gasteiger charge is 2.51. The second-order valence-electron chi connectivity index (χ2n) is 5.62. The number of hydrogen-bond acceptors (Lipinski definition) is 4. The number of rotatable bonds is 5. The Bertz CT molecular complexity index is 654. The lowest BCUT2D eigenvalue weighted by Crippen LogP contribution is -2.01. The van der Waals surface area contributed by atoms with Crippen molar-refractivity contribution in [1.29, 1.82) is 0 Å². The molecule has 110 valence electrons. The van der Waals surface area contributed by atoms with E-state index >= 15 is 0 Å². The summed E-state index contributed by atoms with van der Waals surface area (Å²) in [6.07, 6.45) is 6.84. The molecule has 2 aliphatic carbocycles. The Balaban J connectivity index is 1.58. The van der Waals surface area contributed by atoms with Gasteiger partial charge in [-0.3, -0.25) is 9.55 Å². The van der Waals surface area contributed by atoms with Gasteiger partial charge in [0.15, 0.2) is 11.0 Å². The number of halogens is 2. The third kappa shape index (κ3) is 2.79. The number of hydrogen-bond donors (Lipinski definition) is 0. The molecule has 2 fully saturated rings. The summed E-state index contributed by atoms with van der Waals surface area (Å²) in [5.41, 5.74) is 1.06. The van der Waals surface area contributed by atoms with Crippen molar-refractivity contribution in [3.05, 3.63) is 24.5 Å². The molecule has 7 heteroatoms. The summed E-state index contributed by atoms with van der Waals surface area (Å²) in [5, 5.41) is 9.72. The first-order chi connectivity index (χ1) is 10.1. The van der Waals surface area contributed by atoms with Gasteiger partial charge in [-0.2, -0.15) is 0 Å². The first-order valence-corrected chi connectivity index (χ1v) is 8.75. The molecule has 4 rings (SSSR count). The maximum absolute atomic E-state index is 6.09. The lowest BCUT2D eigenvalue weighted by molar-refractivity contribution is 0.668. The van der Waals surface area contributed by atoms with E-state index in [2.05, 4.69) is 19.7 Å². The zero-order chi connectivity index (χ0) is 14.4. The zero-order valence-electron chi connectivity index (χ0n) is 11.2. The summed E-state index contributed by atoms with van der Waals surface area (Å²) in [6, 6.07) is 4.48. The lowest BCUT2D eigenvalue weighted by atomic mass is 10.2. The van der Waals surface area contributed by atoms with Crippen LogP contribution in [0, 0.1) is 5.92 Å². The average Bonchev–Trinajstić information content (AvgIpc) is 3.37. The van der Waals surface area contributed by atoms with Gasteiger partial charge < -0.3 is 0 Å². The summed E-state index contributed by atoms with van der Waals surface area (Å²) in [4.78, 5) is 4.06. The van der Waals surface area contributed by atoms with E-state index in [1.165, 1.54) is 12.8 Å². The van der Waals surface area contributed by atoms with E-state index < -0.39 is 4.33 Å². The van der Waals surface area contributed by atoms with E-state index in [0.29, 0.717) is 12.0 Å². The maximum Gasteiger partial charge on any atom is 0.191 e. The van der Waals surface area contributed by atoms with E-state index in [-0.39, 0.29) is 0 Å². The Morgan fingerprint density at radius 2 is 1.95 bits per heavy atom. The van der Waals surface area contributed by atoms with Gasteiger partial charge >= 0.3 is 0 Å². The zero-order valence-corrected chi connectivity index (χ0v) is 13.6. The van der Waals surface area contributed by atoms with Gasteiger partial charge in [0, 0.05) is 35.7 Å². The first-order valence-electron chi connectivity index (χ1n) is 7.01. The second-order valence-corrected chi connectivity index (χ2v) is 8.15. The van der Waals surface area contributed by atoms with Crippen molar-refractivity contribution in [2.45, 2.75) is 34.8 Å². The molecule has 2 aromatic rings. The van der Waals surface area contributed by atoms with Crippen LogP contribution in [0.1, 0.15) is 25.3 Å². The Labute approximate surface area is 137 Å². The minimum Gasteiger partial charge on any atom is -0.299 e. The molecule has 0 aromatic carbocycles. The molecule has 21 heavy (non-hydrogen) atoms. The minimum absolute atomic E-state index is 0.361. The van der Waals surface area contributed by atoms with Gasteiger partial charge in [0.2, 0.25) is 0 Å². The lowest BCUT2D eigenvalue weighted by Gasteiger charge is -2.08. The van der Waals surface area contributed by atoms with Crippen LogP contribution in [0.25, 0.3) is 11.4 Å². The van der Waals surface area contributed by atoms with Crippen LogP contribution in [-0.2, 0) is 0 Å². The van der Waals surface area contributed by atoms with Crippen molar-refractivity contribution in [3.8, 4) is 11.4 Å². The third-order valence-corrected chi connectivity index (χ3v) is 5.92. The van der Waals surface area contributed by atoms with Gasteiger partial charge in [-0.15, -0.1) is 33.4 Å². The average molecular weight is 341 g/mol. The highest BCUT2D eigenvalue weighted by Crippen LogP contribution is 2.55. The molecule has 0 amide bonds. The fourth-order valence-electron chi connectivity index (χ4n) is 2.36.